The first-order chi connectivity index (χ1) is 7.52. The summed E-state index contributed by atoms with van der Waals surface area (Å²) in [6.07, 6.45) is 2.17. The molecule has 0 saturated heterocycles. The molecule has 6 heteroatoms. The maximum Gasteiger partial charge on any atom is 0.410 e. The minimum absolute atomic E-state index is 0.0434. The molecule has 0 aromatic carbocycles. The third kappa shape index (κ3) is 1.50. The lowest BCUT2D eigenvalue weighted by Gasteiger charge is -2.27. The van der Waals surface area contributed by atoms with Crippen LogP contribution < -0.4 is 16.0 Å². The molecule has 2 N–H and O–H groups in total. The maximum absolute atomic E-state index is 12.0. The van der Waals surface area contributed by atoms with Gasteiger partial charge in [-0.1, -0.05) is 0 Å². The number of amides is 1. The van der Waals surface area contributed by atoms with Crippen LogP contribution in [0.2, 0.25) is 0 Å². The Morgan fingerprint density at radius 2 is 2.12 bits per heavy atom. The van der Waals surface area contributed by atoms with Crippen molar-refractivity contribution in [3.63, 3.8) is 0 Å². The van der Waals surface area contributed by atoms with Crippen LogP contribution >= 0.6 is 0 Å². The number of hydrogen-bond donors (Lipinski definition) is 1. The molecule has 1 aromatic heterocycles. The van der Waals surface area contributed by atoms with E-state index < -0.39 is 6.09 Å². The molecule has 0 unspecified atom stereocenters. The predicted octanol–water partition coefficient (Wildman–Crippen LogP) is 0.678. The number of carbonyl (C=O) groups is 1. The average Bonchev–Trinajstić information content (AvgIpc) is 2.31. The quantitative estimate of drug-likeness (QED) is 0.803. The van der Waals surface area contributed by atoms with Crippen molar-refractivity contribution in [1.82, 2.24) is 9.36 Å². The molecule has 88 valence electrons. The first-order valence-corrected chi connectivity index (χ1v) is 5.27. The van der Waals surface area contributed by atoms with Crippen molar-refractivity contribution in [1.29, 1.82) is 0 Å². The van der Waals surface area contributed by atoms with Crippen LogP contribution in [0.15, 0.2) is 4.79 Å². The zero-order valence-corrected chi connectivity index (χ0v) is 9.40. The molecule has 2 rings (SSSR count). The van der Waals surface area contributed by atoms with E-state index in [-0.39, 0.29) is 17.4 Å². The Bertz CT molecular complexity index is 482. The van der Waals surface area contributed by atoms with Crippen LogP contribution in [-0.2, 0) is 7.05 Å². The standard InChI is InChI=1S/C10H15N3O3/c1-6-8(16-10(11)15)9(14)13(12(6)2)7-4-3-5-7/h7H,3-5H2,1-2H3,(H2,11,15). The number of aromatic nitrogens is 2. The van der Waals surface area contributed by atoms with E-state index in [1.807, 2.05) is 0 Å². The first kappa shape index (κ1) is 10.8. The minimum atomic E-state index is -0.952. The number of primary amides is 1. The number of rotatable bonds is 2. The monoisotopic (exact) mass is 225 g/mol. The number of nitrogens with two attached hydrogens (primary N) is 1. The summed E-state index contributed by atoms with van der Waals surface area (Å²) < 4.78 is 8.10. The summed E-state index contributed by atoms with van der Waals surface area (Å²) >= 11 is 0. The van der Waals surface area contributed by atoms with Crippen LogP contribution in [0, 0.1) is 6.92 Å². The summed E-state index contributed by atoms with van der Waals surface area (Å²) in [5, 5.41) is 0. The second-order valence-electron chi connectivity index (χ2n) is 4.09. The third-order valence-corrected chi connectivity index (χ3v) is 3.16. The number of carbonyl (C=O) groups excluding carboxylic acids is 1. The molecule has 1 aromatic rings. The maximum atomic E-state index is 12.0. The summed E-state index contributed by atoms with van der Waals surface area (Å²) in [5.74, 6) is 0.0434. The topological polar surface area (TPSA) is 79.2 Å². The lowest BCUT2D eigenvalue weighted by molar-refractivity contribution is 0.209. The summed E-state index contributed by atoms with van der Waals surface area (Å²) in [4.78, 5) is 22.7. The molecule has 0 spiro atoms. The first-order valence-electron chi connectivity index (χ1n) is 5.27. The highest BCUT2D eigenvalue weighted by Gasteiger charge is 2.27. The van der Waals surface area contributed by atoms with Crippen molar-refractivity contribution >= 4 is 6.09 Å². The van der Waals surface area contributed by atoms with E-state index in [1.54, 1.807) is 23.3 Å². The predicted molar refractivity (Wildman–Crippen MR) is 57.5 cm³/mol. The van der Waals surface area contributed by atoms with E-state index in [0.29, 0.717) is 5.69 Å². The molecule has 0 atom stereocenters. The van der Waals surface area contributed by atoms with Crippen LogP contribution in [0.1, 0.15) is 31.0 Å². The zero-order valence-electron chi connectivity index (χ0n) is 9.40. The van der Waals surface area contributed by atoms with Gasteiger partial charge in [0.2, 0.25) is 5.75 Å². The van der Waals surface area contributed by atoms with Crippen LogP contribution in [0.3, 0.4) is 0 Å². The highest BCUT2D eigenvalue weighted by Crippen LogP contribution is 2.31. The second-order valence-corrected chi connectivity index (χ2v) is 4.09. The molecule has 1 amide bonds. The van der Waals surface area contributed by atoms with E-state index in [4.69, 9.17) is 10.5 Å². The molecule has 0 bridgehead atoms. The number of nitrogens with zero attached hydrogens (tertiary/aromatic N) is 2. The number of ether oxygens (including phenoxy) is 1. The highest BCUT2D eigenvalue weighted by molar-refractivity contribution is 5.68. The normalized spacial score (nSPS) is 15.9. The molecule has 1 aliphatic rings. The van der Waals surface area contributed by atoms with E-state index in [1.165, 1.54) is 0 Å². The van der Waals surface area contributed by atoms with Gasteiger partial charge in [0.15, 0.2) is 0 Å². The van der Waals surface area contributed by atoms with E-state index in [0.717, 1.165) is 19.3 Å². The van der Waals surface area contributed by atoms with Gasteiger partial charge in [0, 0.05) is 7.05 Å². The molecule has 0 radical (unpaired) electrons. The van der Waals surface area contributed by atoms with Gasteiger partial charge in [-0.2, -0.15) is 0 Å². The Kier molecular flexibility index (Phi) is 2.49. The molecule has 1 fully saturated rings. The van der Waals surface area contributed by atoms with Gasteiger partial charge in [0.25, 0.3) is 0 Å². The van der Waals surface area contributed by atoms with Crippen molar-refractivity contribution in [3.8, 4) is 5.75 Å². The molecular weight excluding hydrogens is 210 g/mol. The number of hydrogen-bond acceptors (Lipinski definition) is 3. The summed E-state index contributed by atoms with van der Waals surface area (Å²) in [6.45, 7) is 1.73. The smallest absolute Gasteiger partial charge is 0.403 e. The van der Waals surface area contributed by atoms with Gasteiger partial charge >= 0.3 is 11.7 Å². The van der Waals surface area contributed by atoms with Crippen molar-refractivity contribution < 1.29 is 9.53 Å². The van der Waals surface area contributed by atoms with Gasteiger partial charge in [-0.3, -0.25) is 9.48 Å². The third-order valence-electron chi connectivity index (χ3n) is 3.16. The van der Waals surface area contributed by atoms with Gasteiger partial charge in [-0.25, -0.2) is 9.48 Å². The van der Waals surface area contributed by atoms with Gasteiger partial charge in [-0.05, 0) is 26.2 Å². The van der Waals surface area contributed by atoms with Gasteiger partial charge in [-0.15, -0.1) is 0 Å². The van der Waals surface area contributed by atoms with Crippen LogP contribution in [0.4, 0.5) is 4.79 Å². The molecular formula is C10H15N3O3. The molecule has 1 heterocycles. The fourth-order valence-electron chi connectivity index (χ4n) is 1.96. The Hall–Kier alpha value is -1.72. The summed E-state index contributed by atoms with van der Waals surface area (Å²) in [5.41, 5.74) is 5.27. The molecule has 1 aliphatic carbocycles. The molecule has 6 nitrogen and oxygen atoms in total. The lowest BCUT2D eigenvalue weighted by Crippen LogP contribution is -2.31. The Balaban J connectivity index is 2.46. The van der Waals surface area contributed by atoms with E-state index >= 15 is 0 Å². The molecule has 1 saturated carbocycles. The Labute approximate surface area is 92.6 Å². The zero-order chi connectivity index (χ0) is 11.9. The second kappa shape index (κ2) is 3.70. The van der Waals surface area contributed by atoms with E-state index in [2.05, 4.69) is 0 Å². The Morgan fingerprint density at radius 1 is 1.50 bits per heavy atom. The largest absolute Gasteiger partial charge is 0.410 e. The SMILES string of the molecule is Cc1c(OC(N)=O)c(=O)n(C2CCC2)n1C. The van der Waals surface area contributed by atoms with Crippen molar-refractivity contribution in [2.24, 2.45) is 12.8 Å². The molecule has 0 aliphatic heterocycles. The fourth-order valence-corrected chi connectivity index (χ4v) is 1.96. The van der Waals surface area contributed by atoms with Crippen LogP contribution in [-0.4, -0.2) is 15.5 Å². The molecule has 16 heavy (non-hydrogen) atoms. The van der Waals surface area contributed by atoms with Crippen LogP contribution in [0.25, 0.3) is 0 Å². The van der Waals surface area contributed by atoms with Crippen LogP contribution in [0.5, 0.6) is 5.75 Å². The minimum Gasteiger partial charge on any atom is -0.403 e. The van der Waals surface area contributed by atoms with Crippen molar-refractivity contribution in [2.75, 3.05) is 0 Å². The van der Waals surface area contributed by atoms with Crippen molar-refractivity contribution in [3.05, 3.63) is 16.0 Å². The van der Waals surface area contributed by atoms with E-state index in [9.17, 15) is 9.59 Å². The summed E-state index contributed by atoms with van der Waals surface area (Å²) in [7, 11) is 1.78. The van der Waals surface area contributed by atoms with Gasteiger partial charge < -0.3 is 10.5 Å². The van der Waals surface area contributed by atoms with Gasteiger partial charge in [0.05, 0.1) is 11.7 Å². The van der Waals surface area contributed by atoms with Gasteiger partial charge in [0.1, 0.15) is 0 Å². The Morgan fingerprint density at radius 3 is 2.56 bits per heavy atom. The van der Waals surface area contributed by atoms with Crippen molar-refractivity contribution in [2.45, 2.75) is 32.2 Å². The lowest BCUT2D eigenvalue weighted by atomic mass is 9.93. The summed E-state index contributed by atoms with van der Waals surface area (Å²) in [6, 6.07) is 0.224. The highest BCUT2D eigenvalue weighted by atomic mass is 16.6. The average molecular weight is 225 g/mol. The fraction of sp³-hybridized carbons (Fsp3) is 0.600.